The van der Waals surface area contributed by atoms with Crippen LogP contribution >= 0.6 is 0 Å². The average Bonchev–Trinajstić information content (AvgIpc) is 2.59. The number of ether oxygens (including phenoxy) is 1. The number of carbonyl (C=O) groups is 1. The van der Waals surface area contributed by atoms with Crippen molar-refractivity contribution in [2.75, 3.05) is 20.2 Å². The van der Waals surface area contributed by atoms with Crippen molar-refractivity contribution in [3.05, 3.63) is 0 Å². The quantitative estimate of drug-likeness (QED) is 0.761. The molecule has 1 rings (SSSR count). The second-order valence-electron chi connectivity index (χ2n) is 6.61. The first kappa shape index (κ1) is 17.4. The van der Waals surface area contributed by atoms with E-state index >= 15 is 0 Å². The van der Waals surface area contributed by atoms with Crippen LogP contribution in [0.4, 0.5) is 0 Å². The predicted molar refractivity (Wildman–Crippen MR) is 82.8 cm³/mol. The molecular weight excluding hydrogens is 252 g/mol. The fourth-order valence-electron chi connectivity index (χ4n) is 3.13. The Kier molecular flexibility index (Phi) is 6.96. The van der Waals surface area contributed by atoms with E-state index in [2.05, 4.69) is 31.0 Å². The van der Waals surface area contributed by atoms with Gasteiger partial charge in [0.1, 0.15) is 5.54 Å². The van der Waals surface area contributed by atoms with Gasteiger partial charge in [0.15, 0.2) is 0 Å². The van der Waals surface area contributed by atoms with Crippen LogP contribution in [0.5, 0.6) is 0 Å². The van der Waals surface area contributed by atoms with Crippen molar-refractivity contribution >= 4 is 5.97 Å². The molecule has 4 heteroatoms. The Morgan fingerprint density at radius 2 is 2.10 bits per heavy atom. The zero-order valence-electron chi connectivity index (χ0n) is 13.9. The van der Waals surface area contributed by atoms with E-state index in [9.17, 15) is 4.79 Å². The summed E-state index contributed by atoms with van der Waals surface area (Å²) in [5, 5.41) is 3.38. The van der Waals surface area contributed by atoms with Gasteiger partial charge in [0.05, 0.1) is 7.11 Å². The lowest BCUT2D eigenvalue weighted by molar-refractivity contribution is -0.148. The van der Waals surface area contributed by atoms with Crippen molar-refractivity contribution in [1.82, 2.24) is 10.2 Å². The van der Waals surface area contributed by atoms with Crippen LogP contribution in [0.25, 0.3) is 0 Å². The van der Waals surface area contributed by atoms with Crippen LogP contribution in [0.2, 0.25) is 0 Å². The summed E-state index contributed by atoms with van der Waals surface area (Å²) in [5.74, 6) is -0.159. The molecule has 20 heavy (non-hydrogen) atoms. The summed E-state index contributed by atoms with van der Waals surface area (Å²) in [6, 6.07) is 0.888. The Labute approximate surface area is 124 Å². The minimum atomic E-state index is -0.588. The molecule has 0 aromatic heterocycles. The summed E-state index contributed by atoms with van der Waals surface area (Å²) in [7, 11) is 1.47. The minimum Gasteiger partial charge on any atom is -0.468 e. The number of hydrogen-bond donors (Lipinski definition) is 1. The molecule has 1 heterocycles. The Morgan fingerprint density at radius 1 is 1.40 bits per heavy atom. The zero-order valence-corrected chi connectivity index (χ0v) is 13.9. The summed E-state index contributed by atoms with van der Waals surface area (Å²) in [5.41, 5.74) is -0.588. The molecule has 118 valence electrons. The summed E-state index contributed by atoms with van der Waals surface area (Å²) in [6.45, 7) is 10.5. The van der Waals surface area contributed by atoms with E-state index in [0.29, 0.717) is 6.04 Å². The SMILES string of the molecule is COC(=O)C(C)(CCN1CCCCCC1C)NC(C)C. The third kappa shape index (κ3) is 5.06. The predicted octanol–water partition coefficient (Wildman–Crippen LogP) is 2.57. The molecule has 2 atom stereocenters. The van der Waals surface area contributed by atoms with Crippen molar-refractivity contribution < 1.29 is 9.53 Å². The topological polar surface area (TPSA) is 41.6 Å². The maximum atomic E-state index is 12.1. The van der Waals surface area contributed by atoms with E-state index in [1.807, 2.05) is 6.92 Å². The Hall–Kier alpha value is -0.610. The summed E-state index contributed by atoms with van der Waals surface area (Å²) < 4.78 is 4.99. The molecule has 1 aliphatic heterocycles. The first-order valence-corrected chi connectivity index (χ1v) is 7.99. The molecule has 0 saturated carbocycles. The van der Waals surface area contributed by atoms with Gasteiger partial charge in [0, 0.05) is 18.6 Å². The van der Waals surface area contributed by atoms with Gasteiger partial charge in [-0.25, -0.2) is 0 Å². The fraction of sp³-hybridized carbons (Fsp3) is 0.938. The molecule has 0 aromatic carbocycles. The Balaban J connectivity index is 2.62. The number of carbonyl (C=O) groups excluding carboxylic acids is 1. The van der Waals surface area contributed by atoms with Crippen molar-refractivity contribution in [3.63, 3.8) is 0 Å². The molecule has 2 unspecified atom stereocenters. The normalized spacial score (nSPS) is 24.2. The smallest absolute Gasteiger partial charge is 0.325 e. The number of likely N-dealkylation sites (tertiary alicyclic amines) is 1. The van der Waals surface area contributed by atoms with Crippen LogP contribution in [-0.2, 0) is 9.53 Å². The Bertz CT molecular complexity index is 307. The van der Waals surface area contributed by atoms with Gasteiger partial charge >= 0.3 is 5.97 Å². The minimum absolute atomic E-state index is 0.159. The van der Waals surface area contributed by atoms with E-state index < -0.39 is 5.54 Å². The summed E-state index contributed by atoms with van der Waals surface area (Å²) >= 11 is 0. The number of hydrogen-bond acceptors (Lipinski definition) is 4. The molecule has 0 spiro atoms. The maximum Gasteiger partial charge on any atom is 0.325 e. The van der Waals surface area contributed by atoms with Crippen LogP contribution in [0, 0.1) is 0 Å². The highest BCUT2D eigenvalue weighted by Gasteiger charge is 2.35. The molecule has 0 amide bonds. The highest BCUT2D eigenvalue weighted by molar-refractivity contribution is 5.80. The number of esters is 1. The fourth-order valence-corrected chi connectivity index (χ4v) is 3.13. The first-order chi connectivity index (χ1) is 9.39. The second-order valence-corrected chi connectivity index (χ2v) is 6.61. The van der Waals surface area contributed by atoms with Gasteiger partial charge in [-0.15, -0.1) is 0 Å². The standard InChI is InChI=1S/C16H32N2O2/c1-13(2)17-16(4,15(19)20-5)10-12-18-11-8-6-7-9-14(18)3/h13-14,17H,6-12H2,1-5H3. The lowest BCUT2D eigenvalue weighted by Crippen LogP contribution is -2.54. The van der Waals surface area contributed by atoms with Crippen LogP contribution in [0.15, 0.2) is 0 Å². The van der Waals surface area contributed by atoms with Crippen LogP contribution < -0.4 is 5.32 Å². The van der Waals surface area contributed by atoms with Gasteiger partial charge in [-0.2, -0.15) is 0 Å². The molecule has 0 bridgehead atoms. The largest absolute Gasteiger partial charge is 0.468 e. The van der Waals surface area contributed by atoms with Gasteiger partial charge in [0.2, 0.25) is 0 Å². The monoisotopic (exact) mass is 284 g/mol. The highest BCUT2D eigenvalue weighted by Crippen LogP contribution is 2.20. The van der Waals surface area contributed by atoms with Crippen LogP contribution in [0.3, 0.4) is 0 Å². The molecule has 0 aromatic rings. The van der Waals surface area contributed by atoms with Gasteiger partial charge in [-0.3, -0.25) is 10.1 Å². The van der Waals surface area contributed by atoms with Crippen molar-refractivity contribution in [2.24, 2.45) is 0 Å². The molecule has 0 aliphatic carbocycles. The van der Waals surface area contributed by atoms with E-state index in [1.165, 1.54) is 32.8 Å². The van der Waals surface area contributed by atoms with Gasteiger partial charge in [-0.05, 0) is 53.5 Å². The number of nitrogens with one attached hydrogen (secondary N) is 1. The molecule has 1 N–H and O–H groups in total. The summed E-state index contributed by atoms with van der Waals surface area (Å²) in [4.78, 5) is 14.6. The van der Waals surface area contributed by atoms with Gasteiger partial charge in [-0.1, -0.05) is 12.8 Å². The van der Waals surface area contributed by atoms with Gasteiger partial charge in [0.25, 0.3) is 0 Å². The maximum absolute atomic E-state index is 12.1. The number of methoxy groups -OCH3 is 1. The molecule has 1 aliphatic rings. The van der Waals surface area contributed by atoms with E-state index in [-0.39, 0.29) is 12.0 Å². The third-order valence-electron chi connectivity index (χ3n) is 4.33. The molecule has 1 fully saturated rings. The first-order valence-electron chi connectivity index (χ1n) is 7.99. The Morgan fingerprint density at radius 3 is 2.70 bits per heavy atom. The van der Waals surface area contributed by atoms with Crippen molar-refractivity contribution in [1.29, 1.82) is 0 Å². The lowest BCUT2D eigenvalue weighted by Gasteiger charge is -2.34. The van der Waals surface area contributed by atoms with Crippen LogP contribution in [0.1, 0.15) is 59.8 Å². The van der Waals surface area contributed by atoms with E-state index in [1.54, 1.807) is 0 Å². The summed E-state index contributed by atoms with van der Waals surface area (Å²) in [6.07, 6.45) is 6.00. The number of rotatable bonds is 6. The van der Waals surface area contributed by atoms with Crippen LogP contribution in [-0.4, -0.2) is 48.7 Å². The van der Waals surface area contributed by atoms with Gasteiger partial charge < -0.3 is 9.64 Å². The second kappa shape index (κ2) is 7.99. The van der Waals surface area contributed by atoms with E-state index in [4.69, 9.17) is 4.74 Å². The lowest BCUT2D eigenvalue weighted by atomic mass is 9.96. The third-order valence-corrected chi connectivity index (χ3v) is 4.33. The molecule has 0 radical (unpaired) electrons. The average molecular weight is 284 g/mol. The van der Waals surface area contributed by atoms with E-state index in [0.717, 1.165) is 19.5 Å². The van der Waals surface area contributed by atoms with Crippen molar-refractivity contribution in [3.8, 4) is 0 Å². The van der Waals surface area contributed by atoms with Crippen molar-refractivity contribution in [2.45, 2.75) is 77.4 Å². The number of nitrogens with zero attached hydrogens (tertiary/aromatic N) is 1. The zero-order chi connectivity index (χ0) is 15.2. The molecule has 4 nitrogen and oxygen atoms in total. The molecule has 1 saturated heterocycles. The highest BCUT2D eigenvalue weighted by atomic mass is 16.5. The molecular formula is C16H32N2O2.